The average Bonchev–Trinajstić information content (AvgIpc) is 2.90. The van der Waals surface area contributed by atoms with Gasteiger partial charge in [-0.1, -0.05) is 57.4 Å². The molecule has 8 heteroatoms. The number of nitrogens with two attached hydrogens (primary N) is 1. The molecule has 2 fully saturated rings. The normalized spacial score (nSPS) is 17.4. The van der Waals surface area contributed by atoms with Crippen molar-refractivity contribution < 1.29 is 0 Å². The van der Waals surface area contributed by atoms with Gasteiger partial charge in [0.15, 0.2) is 0 Å². The molecule has 2 aromatic rings. The zero-order valence-corrected chi connectivity index (χ0v) is 23.0. The maximum Gasteiger partial charge on any atom is 0.226 e. The summed E-state index contributed by atoms with van der Waals surface area (Å²) in [6, 6.07) is 11.4. The van der Waals surface area contributed by atoms with Crippen LogP contribution in [0.25, 0.3) is 0 Å². The summed E-state index contributed by atoms with van der Waals surface area (Å²) in [5, 5.41) is 10.7. The number of nitrogen functional groups attached to an aromatic ring is 1. The summed E-state index contributed by atoms with van der Waals surface area (Å²) >= 11 is 0. The summed E-state index contributed by atoms with van der Waals surface area (Å²) in [6.45, 7) is 13.5. The van der Waals surface area contributed by atoms with E-state index in [1.54, 1.807) is 0 Å². The van der Waals surface area contributed by atoms with E-state index in [0.717, 1.165) is 64.2 Å². The second-order valence-corrected chi connectivity index (χ2v) is 11.1. The van der Waals surface area contributed by atoms with Gasteiger partial charge in [0.25, 0.3) is 0 Å². The fourth-order valence-electron chi connectivity index (χ4n) is 5.38. The van der Waals surface area contributed by atoms with Crippen molar-refractivity contribution in [1.82, 2.24) is 25.5 Å². The van der Waals surface area contributed by atoms with Gasteiger partial charge in [0.05, 0.1) is 0 Å². The molecule has 0 bridgehead atoms. The van der Waals surface area contributed by atoms with E-state index in [9.17, 15) is 0 Å². The van der Waals surface area contributed by atoms with Crippen molar-refractivity contribution in [1.29, 1.82) is 0 Å². The molecule has 204 valence electrons. The van der Waals surface area contributed by atoms with Gasteiger partial charge in [-0.15, -0.1) is 0 Å². The predicted octanol–water partition coefficient (Wildman–Crippen LogP) is 3.85. The molecule has 1 aliphatic heterocycles. The van der Waals surface area contributed by atoms with Crippen LogP contribution in [0, 0.1) is 5.92 Å². The number of nitrogens with zero attached hydrogens (tertiary/aromatic N) is 4. The molecule has 1 saturated carbocycles. The highest BCUT2D eigenvalue weighted by molar-refractivity contribution is 5.52. The second kappa shape index (κ2) is 14.5. The standard InChI is InChI=1S/C29H48N8/c1-23(2)22-36-15-17-37(18-16-36)28-19-27(30)34-29(35-28)33-21-25-11-9-24(10-12-25)20-31-13-6-14-32-26-7-4-3-5-8-26/h9-12,19,23,26,31-32H,3-8,13-18,20-22H2,1-2H3,(H3,30,33,34,35). The topological polar surface area (TPSA) is 94.4 Å². The van der Waals surface area contributed by atoms with E-state index in [1.165, 1.54) is 49.7 Å². The molecule has 2 heterocycles. The number of hydrogen-bond donors (Lipinski definition) is 4. The molecular weight excluding hydrogens is 460 g/mol. The van der Waals surface area contributed by atoms with Gasteiger partial charge in [-0.25, -0.2) is 0 Å². The first-order valence-electron chi connectivity index (χ1n) is 14.4. The first-order valence-corrected chi connectivity index (χ1v) is 14.4. The van der Waals surface area contributed by atoms with E-state index in [-0.39, 0.29) is 0 Å². The third kappa shape index (κ3) is 9.43. The SMILES string of the molecule is CC(C)CN1CCN(c2cc(N)nc(NCc3ccc(CNCCCNC4CCCCC4)cc3)n2)CC1. The number of aromatic nitrogens is 2. The van der Waals surface area contributed by atoms with Crippen LogP contribution in [0.4, 0.5) is 17.6 Å². The molecule has 1 aliphatic carbocycles. The molecule has 1 saturated heterocycles. The molecule has 0 amide bonds. The summed E-state index contributed by atoms with van der Waals surface area (Å²) < 4.78 is 0. The molecule has 37 heavy (non-hydrogen) atoms. The fraction of sp³-hybridized carbons (Fsp3) is 0.655. The number of anilines is 3. The van der Waals surface area contributed by atoms with Gasteiger partial charge in [-0.3, -0.25) is 4.90 Å². The Kier molecular flexibility index (Phi) is 10.8. The molecule has 0 spiro atoms. The van der Waals surface area contributed by atoms with Gasteiger partial charge in [-0.2, -0.15) is 9.97 Å². The Morgan fingerprint density at radius 3 is 2.32 bits per heavy atom. The highest BCUT2D eigenvalue weighted by Crippen LogP contribution is 2.19. The van der Waals surface area contributed by atoms with Crippen molar-refractivity contribution in [3.8, 4) is 0 Å². The van der Waals surface area contributed by atoms with E-state index in [4.69, 9.17) is 10.7 Å². The second-order valence-electron chi connectivity index (χ2n) is 11.1. The lowest BCUT2D eigenvalue weighted by Gasteiger charge is -2.36. The monoisotopic (exact) mass is 508 g/mol. The first kappa shape index (κ1) is 27.6. The molecule has 4 rings (SSSR count). The van der Waals surface area contributed by atoms with Crippen LogP contribution in [0.15, 0.2) is 30.3 Å². The van der Waals surface area contributed by atoms with E-state index < -0.39 is 0 Å². The van der Waals surface area contributed by atoms with Crippen molar-refractivity contribution >= 4 is 17.6 Å². The maximum absolute atomic E-state index is 6.12. The van der Waals surface area contributed by atoms with Crippen LogP contribution in [0.2, 0.25) is 0 Å². The molecule has 0 radical (unpaired) electrons. The van der Waals surface area contributed by atoms with Crippen molar-refractivity contribution in [2.24, 2.45) is 5.92 Å². The first-order chi connectivity index (χ1) is 18.0. The zero-order valence-electron chi connectivity index (χ0n) is 23.0. The lowest BCUT2D eigenvalue weighted by Crippen LogP contribution is -2.47. The van der Waals surface area contributed by atoms with Gasteiger partial charge in [0.2, 0.25) is 5.95 Å². The summed E-state index contributed by atoms with van der Waals surface area (Å²) in [5.41, 5.74) is 8.64. The van der Waals surface area contributed by atoms with Crippen molar-refractivity contribution in [3.63, 3.8) is 0 Å². The van der Waals surface area contributed by atoms with Crippen LogP contribution in [0.3, 0.4) is 0 Å². The lowest BCUT2D eigenvalue weighted by atomic mass is 9.95. The molecule has 1 aromatic carbocycles. The average molecular weight is 509 g/mol. The Morgan fingerprint density at radius 1 is 0.919 bits per heavy atom. The molecule has 5 N–H and O–H groups in total. The predicted molar refractivity (Wildman–Crippen MR) is 155 cm³/mol. The Morgan fingerprint density at radius 2 is 1.62 bits per heavy atom. The summed E-state index contributed by atoms with van der Waals surface area (Å²) in [4.78, 5) is 14.0. The minimum absolute atomic E-state index is 0.507. The third-order valence-electron chi connectivity index (χ3n) is 7.42. The highest BCUT2D eigenvalue weighted by Gasteiger charge is 2.19. The molecular formula is C29H48N8. The number of rotatable bonds is 13. The van der Waals surface area contributed by atoms with Crippen molar-refractivity contribution in [3.05, 3.63) is 41.5 Å². The number of benzene rings is 1. The fourth-order valence-corrected chi connectivity index (χ4v) is 5.38. The smallest absolute Gasteiger partial charge is 0.226 e. The number of hydrogen-bond acceptors (Lipinski definition) is 8. The third-order valence-corrected chi connectivity index (χ3v) is 7.42. The maximum atomic E-state index is 6.12. The van der Waals surface area contributed by atoms with Crippen LogP contribution < -0.4 is 26.6 Å². The Bertz CT molecular complexity index is 918. The van der Waals surface area contributed by atoms with E-state index in [0.29, 0.717) is 24.2 Å². The minimum Gasteiger partial charge on any atom is -0.383 e. The zero-order chi connectivity index (χ0) is 25.9. The molecule has 8 nitrogen and oxygen atoms in total. The molecule has 0 unspecified atom stereocenters. The largest absolute Gasteiger partial charge is 0.383 e. The highest BCUT2D eigenvalue weighted by atomic mass is 15.3. The molecule has 0 atom stereocenters. The van der Waals surface area contributed by atoms with Gasteiger partial charge in [0, 0.05) is 57.9 Å². The van der Waals surface area contributed by atoms with Crippen LogP contribution in [-0.2, 0) is 13.1 Å². The molecule has 2 aliphatic rings. The Hall–Kier alpha value is -2.42. The number of piperazine rings is 1. The Labute approximate surface area is 223 Å². The van der Waals surface area contributed by atoms with Crippen LogP contribution >= 0.6 is 0 Å². The number of nitrogens with one attached hydrogen (secondary N) is 3. The minimum atomic E-state index is 0.507. The van der Waals surface area contributed by atoms with Crippen molar-refractivity contribution in [2.45, 2.75) is 71.5 Å². The van der Waals surface area contributed by atoms with E-state index >= 15 is 0 Å². The van der Waals surface area contributed by atoms with Crippen molar-refractivity contribution in [2.75, 3.05) is 61.8 Å². The summed E-state index contributed by atoms with van der Waals surface area (Å²) in [5.74, 6) is 2.70. The van der Waals surface area contributed by atoms with Crippen LogP contribution in [-0.4, -0.2) is 66.7 Å². The van der Waals surface area contributed by atoms with Gasteiger partial charge in [-0.05, 0) is 49.4 Å². The van der Waals surface area contributed by atoms with Crippen LogP contribution in [0.5, 0.6) is 0 Å². The quantitative estimate of drug-likeness (QED) is 0.303. The Balaban J connectivity index is 1.16. The summed E-state index contributed by atoms with van der Waals surface area (Å²) in [6.07, 6.45) is 8.09. The molecule has 1 aromatic heterocycles. The van der Waals surface area contributed by atoms with Gasteiger partial charge >= 0.3 is 0 Å². The lowest BCUT2D eigenvalue weighted by molar-refractivity contribution is 0.231. The van der Waals surface area contributed by atoms with Gasteiger partial charge < -0.3 is 26.6 Å². The van der Waals surface area contributed by atoms with Gasteiger partial charge in [0.1, 0.15) is 11.6 Å². The van der Waals surface area contributed by atoms with E-state index in [1.807, 2.05) is 6.07 Å². The van der Waals surface area contributed by atoms with Crippen LogP contribution in [0.1, 0.15) is 63.5 Å². The van der Waals surface area contributed by atoms with E-state index in [2.05, 4.69) is 68.8 Å². The summed E-state index contributed by atoms with van der Waals surface area (Å²) in [7, 11) is 0.